The maximum absolute atomic E-state index is 13.4. The van der Waals surface area contributed by atoms with Crippen molar-refractivity contribution in [2.45, 2.75) is 25.1 Å². The minimum absolute atomic E-state index is 0.155. The van der Waals surface area contributed by atoms with Crippen LogP contribution in [0.4, 0.5) is 24.9 Å². The number of nitrogens with zero attached hydrogens (tertiary/aromatic N) is 5. The first kappa shape index (κ1) is 17.8. The summed E-state index contributed by atoms with van der Waals surface area (Å²) in [6.07, 6.45) is -2.55. The molecule has 26 heavy (non-hydrogen) atoms. The van der Waals surface area contributed by atoms with E-state index < -0.39 is 11.9 Å². The number of rotatable bonds is 2. The minimum atomic E-state index is -4.48. The number of likely N-dealkylation sites (N-methyl/N-ethyl adjacent to an activating group) is 1. The number of aromatic nitrogens is 2. The zero-order valence-electron chi connectivity index (χ0n) is 14.9. The second-order valence-electron chi connectivity index (χ2n) is 7.51. The van der Waals surface area contributed by atoms with Crippen molar-refractivity contribution in [3.05, 3.63) is 11.8 Å². The second kappa shape index (κ2) is 6.84. The van der Waals surface area contributed by atoms with Crippen LogP contribution in [0.3, 0.4) is 0 Å². The van der Waals surface area contributed by atoms with Crippen LogP contribution in [0.5, 0.6) is 0 Å². The predicted octanol–water partition coefficient (Wildman–Crippen LogP) is 1.86. The summed E-state index contributed by atoms with van der Waals surface area (Å²) in [6, 6.07) is 1.25. The lowest BCUT2D eigenvalue weighted by molar-refractivity contribution is -0.141. The molecule has 0 aliphatic carbocycles. The molecule has 1 aromatic rings. The molecule has 3 aliphatic heterocycles. The molecular formula is C17H24F3N5O. The van der Waals surface area contributed by atoms with Gasteiger partial charge in [0.05, 0.1) is 19.3 Å². The molecule has 0 radical (unpaired) electrons. The van der Waals surface area contributed by atoms with Gasteiger partial charge in [0.25, 0.3) is 0 Å². The standard InChI is InChI=1S/C17H24F3N5O/c1-23-7-12-8-25(9-13(23)11-26-10-12)15-6-14(17(18,19)20)21-16(22-15)24-4-2-3-5-24/h6,12-13H,2-5,7-11H2,1H3/t12-,13+/m1/s1. The molecular weight excluding hydrogens is 347 g/mol. The molecule has 3 fully saturated rings. The van der Waals surface area contributed by atoms with Crippen molar-refractivity contribution in [2.24, 2.45) is 5.92 Å². The molecule has 1 aromatic heterocycles. The van der Waals surface area contributed by atoms with E-state index in [0.717, 1.165) is 25.5 Å². The molecule has 4 rings (SSSR count). The maximum atomic E-state index is 13.4. The average molecular weight is 371 g/mol. The number of ether oxygens (including phenoxy) is 1. The lowest BCUT2D eigenvalue weighted by Gasteiger charge is -2.31. The molecule has 0 unspecified atom stereocenters. The summed E-state index contributed by atoms with van der Waals surface area (Å²) in [5.74, 6) is 0.833. The van der Waals surface area contributed by atoms with E-state index in [1.54, 1.807) is 0 Å². The van der Waals surface area contributed by atoms with Crippen LogP contribution in [0.15, 0.2) is 6.07 Å². The van der Waals surface area contributed by atoms with Gasteiger partial charge in [0.1, 0.15) is 5.82 Å². The fourth-order valence-electron chi connectivity index (χ4n) is 4.03. The molecule has 3 saturated heterocycles. The van der Waals surface area contributed by atoms with Gasteiger partial charge in [0.15, 0.2) is 5.69 Å². The van der Waals surface area contributed by atoms with E-state index in [-0.39, 0.29) is 17.9 Å². The Labute approximate surface area is 150 Å². The van der Waals surface area contributed by atoms with E-state index in [1.165, 1.54) is 0 Å². The van der Waals surface area contributed by atoms with Crippen LogP contribution >= 0.6 is 0 Å². The Morgan fingerprint density at radius 3 is 2.54 bits per heavy atom. The zero-order chi connectivity index (χ0) is 18.3. The lowest BCUT2D eigenvalue weighted by Crippen LogP contribution is -2.42. The van der Waals surface area contributed by atoms with Crippen molar-refractivity contribution in [1.29, 1.82) is 0 Å². The summed E-state index contributed by atoms with van der Waals surface area (Å²) in [6.45, 7) is 4.80. The molecule has 4 heterocycles. The van der Waals surface area contributed by atoms with Crippen molar-refractivity contribution >= 4 is 11.8 Å². The highest BCUT2D eigenvalue weighted by atomic mass is 19.4. The van der Waals surface area contributed by atoms with Gasteiger partial charge in [0, 0.05) is 44.7 Å². The molecule has 3 aliphatic rings. The Kier molecular flexibility index (Phi) is 4.68. The summed E-state index contributed by atoms with van der Waals surface area (Å²) in [5.41, 5.74) is -0.858. The molecule has 144 valence electrons. The first-order valence-corrected chi connectivity index (χ1v) is 9.14. The van der Waals surface area contributed by atoms with Gasteiger partial charge >= 0.3 is 6.18 Å². The highest BCUT2D eigenvalue weighted by Gasteiger charge is 2.37. The summed E-state index contributed by atoms with van der Waals surface area (Å²) < 4.78 is 46.0. The average Bonchev–Trinajstić information content (AvgIpc) is 2.99. The summed E-state index contributed by atoms with van der Waals surface area (Å²) in [7, 11) is 2.05. The molecule has 0 spiro atoms. The number of halogens is 3. The smallest absolute Gasteiger partial charge is 0.379 e. The first-order valence-electron chi connectivity index (χ1n) is 9.14. The maximum Gasteiger partial charge on any atom is 0.433 e. The number of fused-ring (bicyclic) bond motifs is 3. The Morgan fingerprint density at radius 2 is 1.81 bits per heavy atom. The van der Waals surface area contributed by atoms with E-state index in [9.17, 15) is 13.2 Å². The Morgan fingerprint density at radius 1 is 1.04 bits per heavy atom. The first-order chi connectivity index (χ1) is 12.4. The van der Waals surface area contributed by atoms with Crippen LogP contribution in [-0.2, 0) is 10.9 Å². The Hall–Kier alpha value is -1.61. The van der Waals surface area contributed by atoms with Crippen molar-refractivity contribution in [3.63, 3.8) is 0 Å². The third-order valence-corrected chi connectivity index (χ3v) is 5.45. The zero-order valence-corrected chi connectivity index (χ0v) is 14.9. The van der Waals surface area contributed by atoms with Crippen LogP contribution in [0.1, 0.15) is 18.5 Å². The number of anilines is 2. The van der Waals surface area contributed by atoms with Crippen LogP contribution in [-0.4, -0.2) is 73.9 Å². The largest absolute Gasteiger partial charge is 0.433 e. The summed E-state index contributed by atoms with van der Waals surface area (Å²) in [5, 5.41) is 0. The molecule has 2 bridgehead atoms. The highest BCUT2D eigenvalue weighted by Crippen LogP contribution is 2.33. The van der Waals surface area contributed by atoms with Crippen LogP contribution in [0, 0.1) is 5.92 Å². The summed E-state index contributed by atoms with van der Waals surface area (Å²) >= 11 is 0. The molecule has 0 amide bonds. The van der Waals surface area contributed by atoms with Gasteiger partial charge in [-0.25, -0.2) is 4.98 Å². The quantitative estimate of drug-likeness (QED) is 0.791. The molecule has 0 saturated carbocycles. The Balaban J connectivity index is 1.69. The highest BCUT2D eigenvalue weighted by molar-refractivity contribution is 5.47. The fourth-order valence-corrected chi connectivity index (χ4v) is 4.03. The van der Waals surface area contributed by atoms with Crippen LogP contribution in [0.2, 0.25) is 0 Å². The van der Waals surface area contributed by atoms with Crippen molar-refractivity contribution in [2.75, 3.05) is 62.8 Å². The van der Waals surface area contributed by atoms with E-state index in [4.69, 9.17) is 4.74 Å². The fraction of sp³-hybridized carbons (Fsp3) is 0.765. The molecule has 9 heteroatoms. The van der Waals surface area contributed by atoms with Gasteiger partial charge in [-0.2, -0.15) is 18.2 Å². The van der Waals surface area contributed by atoms with E-state index in [1.807, 2.05) is 16.8 Å². The molecule has 0 aromatic carbocycles. The van der Waals surface area contributed by atoms with Crippen LogP contribution in [0.25, 0.3) is 0 Å². The third-order valence-electron chi connectivity index (χ3n) is 5.45. The van der Waals surface area contributed by atoms with Gasteiger partial charge in [-0.1, -0.05) is 0 Å². The van der Waals surface area contributed by atoms with Gasteiger partial charge in [-0.05, 0) is 19.9 Å². The van der Waals surface area contributed by atoms with Crippen molar-refractivity contribution in [3.8, 4) is 0 Å². The van der Waals surface area contributed by atoms with Gasteiger partial charge in [-0.3, -0.25) is 4.90 Å². The third kappa shape index (κ3) is 3.59. The Bertz CT molecular complexity index is 650. The molecule has 6 nitrogen and oxygen atoms in total. The van der Waals surface area contributed by atoms with E-state index in [0.29, 0.717) is 45.2 Å². The number of hydrogen-bond acceptors (Lipinski definition) is 6. The van der Waals surface area contributed by atoms with E-state index >= 15 is 0 Å². The van der Waals surface area contributed by atoms with Crippen molar-refractivity contribution in [1.82, 2.24) is 14.9 Å². The topological polar surface area (TPSA) is 44.7 Å². The second-order valence-corrected chi connectivity index (χ2v) is 7.51. The number of hydrogen-bond donors (Lipinski definition) is 0. The summed E-state index contributed by atoms with van der Waals surface area (Å²) in [4.78, 5) is 14.4. The monoisotopic (exact) mass is 371 g/mol. The molecule has 0 N–H and O–H groups in total. The molecule has 2 atom stereocenters. The number of alkyl halides is 3. The predicted molar refractivity (Wildman–Crippen MR) is 91.4 cm³/mol. The van der Waals surface area contributed by atoms with Crippen LogP contribution < -0.4 is 9.80 Å². The SMILES string of the molecule is CN1C[C@H]2COC[C@@H]1CN(c1cc(C(F)(F)F)nc(N3CCCC3)n1)C2. The normalized spacial score (nSPS) is 27.7. The van der Waals surface area contributed by atoms with Gasteiger partial charge in [-0.15, -0.1) is 0 Å². The van der Waals surface area contributed by atoms with Crippen molar-refractivity contribution < 1.29 is 17.9 Å². The van der Waals surface area contributed by atoms with Gasteiger partial charge in [0.2, 0.25) is 5.95 Å². The van der Waals surface area contributed by atoms with Gasteiger partial charge < -0.3 is 14.5 Å². The van der Waals surface area contributed by atoms with E-state index in [2.05, 4.69) is 14.9 Å². The lowest BCUT2D eigenvalue weighted by atomic mass is 10.1. The minimum Gasteiger partial charge on any atom is -0.379 e.